The Kier molecular flexibility index (Phi) is 4.03. The van der Waals surface area contributed by atoms with Crippen LogP contribution in [0, 0.1) is 6.92 Å². The lowest BCUT2D eigenvalue weighted by Crippen LogP contribution is -2.30. The number of rotatable bonds is 4. The average molecular weight is 364 g/mol. The Morgan fingerprint density at radius 3 is 2.89 bits per heavy atom. The highest BCUT2D eigenvalue weighted by Gasteiger charge is 2.28. The first-order valence-corrected chi connectivity index (χ1v) is 8.31. The number of hydrogen-bond acceptors (Lipinski definition) is 5. The number of aromatic nitrogens is 3. The van der Waals surface area contributed by atoms with E-state index in [4.69, 9.17) is 0 Å². The zero-order valence-electron chi connectivity index (χ0n) is 14.5. The molecule has 1 aromatic carbocycles. The molecule has 0 spiro atoms. The second kappa shape index (κ2) is 6.52. The largest absolute Gasteiger partial charge is 0.329 e. The third kappa shape index (κ3) is 3.34. The highest BCUT2D eigenvalue weighted by molar-refractivity contribution is 6.04. The van der Waals surface area contributed by atoms with Gasteiger partial charge in [0.25, 0.3) is 5.91 Å². The molecule has 4 amide bonds. The summed E-state index contributed by atoms with van der Waals surface area (Å²) in [6, 6.07) is 9.90. The van der Waals surface area contributed by atoms with Crippen LogP contribution in [0.25, 0.3) is 5.65 Å². The predicted molar refractivity (Wildman–Crippen MR) is 96.1 cm³/mol. The quantitative estimate of drug-likeness (QED) is 0.679. The maximum absolute atomic E-state index is 12.6. The molecule has 136 valence electrons. The summed E-state index contributed by atoms with van der Waals surface area (Å²) in [5.41, 5.74) is 2.39. The van der Waals surface area contributed by atoms with E-state index in [9.17, 15) is 14.4 Å². The van der Waals surface area contributed by atoms with Crippen molar-refractivity contribution in [3.8, 4) is 0 Å². The summed E-state index contributed by atoms with van der Waals surface area (Å²) in [5, 5.41) is 9.50. The molecular formula is C18H16N6O3. The molecule has 1 fully saturated rings. The molecule has 3 heterocycles. The minimum Gasteiger partial charge on any atom is -0.329 e. The Bertz CT molecular complexity index is 1060. The first-order valence-electron chi connectivity index (χ1n) is 8.31. The van der Waals surface area contributed by atoms with Gasteiger partial charge in [0.15, 0.2) is 5.65 Å². The van der Waals surface area contributed by atoms with Crippen molar-refractivity contribution >= 4 is 29.2 Å². The van der Waals surface area contributed by atoms with Gasteiger partial charge < -0.3 is 10.6 Å². The van der Waals surface area contributed by atoms with Gasteiger partial charge in [-0.1, -0.05) is 12.1 Å². The molecular weight excluding hydrogens is 348 g/mol. The van der Waals surface area contributed by atoms with Gasteiger partial charge in [-0.05, 0) is 36.8 Å². The van der Waals surface area contributed by atoms with Crippen molar-refractivity contribution in [3.05, 3.63) is 59.5 Å². The van der Waals surface area contributed by atoms with Crippen LogP contribution in [-0.2, 0) is 11.3 Å². The normalized spacial score (nSPS) is 13.9. The summed E-state index contributed by atoms with van der Waals surface area (Å²) < 4.78 is 1.60. The molecule has 1 saturated heterocycles. The second-order valence-electron chi connectivity index (χ2n) is 6.17. The lowest BCUT2D eigenvalue weighted by molar-refractivity contribution is -0.125. The van der Waals surface area contributed by atoms with Gasteiger partial charge in [0.1, 0.15) is 5.82 Å². The SMILES string of the molecule is Cc1nc2ccc(NC(=O)c3cccc(CN4C(=O)CNC4=O)c3)cn2n1. The van der Waals surface area contributed by atoms with Gasteiger partial charge in [-0.3, -0.25) is 14.5 Å². The molecule has 4 rings (SSSR count). The van der Waals surface area contributed by atoms with Crippen molar-refractivity contribution in [1.82, 2.24) is 24.8 Å². The van der Waals surface area contributed by atoms with E-state index in [-0.39, 0.29) is 24.9 Å². The molecule has 3 aromatic rings. The predicted octanol–water partition coefficient (Wildman–Crippen LogP) is 1.34. The number of nitrogens with one attached hydrogen (secondary N) is 2. The van der Waals surface area contributed by atoms with E-state index in [1.807, 2.05) is 0 Å². The van der Waals surface area contributed by atoms with Crippen molar-refractivity contribution < 1.29 is 14.4 Å². The van der Waals surface area contributed by atoms with Gasteiger partial charge in [-0.2, -0.15) is 5.10 Å². The summed E-state index contributed by atoms with van der Waals surface area (Å²) in [6.07, 6.45) is 1.68. The Balaban J connectivity index is 1.51. The van der Waals surface area contributed by atoms with E-state index in [1.54, 1.807) is 54.0 Å². The van der Waals surface area contributed by atoms with Crippen molar-refractivity contribution in [2.75, 3.05) is 11.9 Å². The maximum Gasteiger partial charge on any atom is 0.324 e. The molecule has 0 saturated carbocycles. The van der Waals surface area contributed by atoms with Gasteiger partial charge in [-0.15, -0.1) is 0 Å². The molecule has 9 heteroatoms. The van der Waals surface area contributed by atoms with E-state index in [0.717, 1.165) is 4.90 Å². The van der Waals surface area contributed by atoms with Crippen LogP contribution in [0.3, 0.4) is 0 Å². The van der Waals surface area contributed by atoms with Gasteiger partial charge in [-0.25, -0.2) is 14.3 Å². The number of hydrogen-bond donors (Lipinski definition) is 2. The Hall–Kier alpha value is -3.75. The fraction of sp³-hybridized carbons (Fsp3) is 0.167. The second-order valence-corrected chi connectivity index (χ2v) is 6.17. The molecule has 0 atom stereocenters. The van der Waals surface area contributed by atoms with Crippen LogP contribution in [0.2, 0.25) is 0 Å². The number of benzene rings is 1. The molecule has 0 radical (unpaired) electrons. The number of imide groups is 1. The number of amides is 4. The van der Waals surface area contributed by atoms with E-state index >= 15 is 0 Å². The summed E-state index contributed by atoms with van der Waals surface area (Å²) in [6.45, 7) is 1.92. The van der Waals surface area contributed by atoms with E-state index < -0.39 is 6.03 Å². The molecule has 2 N–H and O–H groups in total. The minimum absolute atomic E-state index is 0.00322. The fourth-order valence-electron chi connectivity index (χ4n) is 2.88. The van der Waals surface area contributed by atoms with Crippen molar-refractivity contribution in [2.45, 2.75) is 13.5 Å². The number of fused-ring (bicyclic) bond motifs is 1. The molecule has 1 aliphatic rings. The highest BCUT2D eigenvalue weighted by atomic mass is 16.2. The number of urea groups is 1. The summed E-state index contributed by atoms with van der Waals surface area (Å²) >= 11 is 0. The molecule has 1 aliphatic heterocycles. The van der Waals surface area contributed by atoms with Gasteiger partial charge in [0.05, 0.1) is 25.0 Å². The van der Waals surface area contributed by atoms with Crippen LogP contribution in [0.5, 0.6) is 0 Å². The Labute approximate surface area is 154 Å². The van der Waals surface area contributed by atoms with Crippen LogP contribution in [-0.4, -0.2) is 43.9 Å². The summed E-state index contributed by atoms with van der Waals surface area (Å²) in [4.78, 5) is 41.3. The molecule has 0 unspecified atom stereocenters. The van der Waals surface area contributed by atoms with Crippen molar-refractivity contribution in [3.63, 3.8) is 0 Å². The maximum atomic E-state index is 12.6. The Morgan fingerprint density at radius 2 is 2.11 bits per heavy atom. The number of anilines is 1. The van der Waals surface area contributed by atoms with Gasteiger partial charge in [0.2, 0.25) is 5.91 Å². The third-order valence-corrected chi connectivity index (χ3v) is 4.16. The van der Waals surface area contributed by atoms with E-state index in [2.05, 4.69) is 20.7 Å². The standard InChI is InChI=1S/C18H16N6O3/c1-11-20-15-6-5-14(10-24(15)22-11)21-17(26)13-4-2-3-12(7-13)9-23-16(25)8-19-18(23)27/h2-7,10H,8-9H2,1H3,(H,19,27)(H,21,26). The van der Waals surface area contributed by atoms with Crippen molar-refractivity contribution in [2.24, 2.45) is 0 Å². The Morgan fingerprint density at radius 1 is 1.26 bits per heavy atom. The lowest BCUT2D eigenvalue weighted by Gasteiger charge is -2.13. The number of carbonyl (C=O) groups excluding carboxylic acids is 3. The lowest BCUT2D eigenvalue weighted by atomic mass is 10.1. The van der Waals surface area contributed by atoms with E-state index in [1.165, 1.54) is 0 Å². The number of aryl methyl sites for hydroxylation is 1. The zero-order chi connectivity index (χ0) is 19.0. The van der Waals surface area contributed by atoms with Gasteiger partial charge in [0, 0.05) is 5.56 Å². The van der Waals surface area contributed by atoms with Crippen LogP contribution < -0.4 is 10.6 Å². The molecule has 27 heavy (non-hydrogen) atoms. The first-order chi connectivity index (χ1) is 13.0. The smallest absolute Gasteiger partial charge is 0.324 e. The van der Waals surface area contributed by atoms with Crippen LogP contribution >= 0.6 is 0 Å². The summed E-state index contributed by atoms with van der Waals surface area (Å²) in [5.74, 6) is 0.0585. The average Bonchev–Trinajstić information content (AvgIpc) is 3.17. The summed E-state index contributed by atoms with van der Waals surface area (Å²) in [7, 11) is 0. The molecule has 0 bridgehead atoms. The van der Waals surface area contributed by atoms with Crippen LogP contribution in [0.15, 0.2) is 42.6 Å². The van der Waals surface area contributed by atoms with Crippen molar-refractivity contribution in [1.29, 1.82) is 0 Å². The minimum atomic E-state index is -0.425. The number of carbonyl (C=O) groups is 3. The highest BCUT2D eigenvalue weighted by Crippen LogP contribution is 2.14. The number of nitrogens with zero attached hydrogens (tertiary/aromatic N) is 4. The van der Waals surface area contributed by atoms with E-state index in [0.29, 0.717) is 28.3 Å². The molecule has 0 aliphatic carbocycles. The van der Waals surface area contributed by atoms with Gasteiger partial charge >= 0.3 is 6.03 Å². The fourth-order valence-corrected chi connectivity index (χ4v) is 2.88. The third-order valence-electron chi connectivity index (χ3n) is 4.16. The van der Waals surface area contributed by atoms with Crippen LogP contribution in [0.4, 0.5) is 10.5 Å². The number of pyridine rings is 1. The monoisotopic (exact) mass is 364 g/mol. The first kappa shape index (κ1) is 16.7. The van der Waals surface area contributed by atoms with Crippen LogP contribution in [0.1, 0.15) is 21.7 Å². The molecule has 2 aromatic heterocycles. The zero-order valence-corrected chi connectivity index (χ0v) is 14.5. The topological polar surface area (TPSA) is 109 Å². The molecule has 9 nitrogen and oxygen atoms in total.